The summed E-state index contributed by atoms with van der Waals surface area (Å²) in [7, 11) is 0. The third kappa shape index (κ3) is 4.05. The number of nitrogens with zero attached hydrogens (tertiary/aromatic N) is 3. The largest absolute Gasteiger partial charge is 0.396 e. The minimum atomic E-state index is 0.264. The number of rotatable bonds is 7. The van der Waals surface area contributed by atoms with Crippen molar-refractivity contribution in [2.45, 2.75) is 64.6 Å². The normalized spacial score (nSPS) is 16.9. The molecule has 1 fully saturated rings. The molecule has 1 aromatic rings. The van der Waals surface area contributed by atoms with Crippen molar-refractivity contribution in [2.75, 3.05) is 13.2 Å². The molecule has 0 bridgehead atoms. The zero-order valence-electron chi connectivity index (χ0n) is 12.3. The van der Waals surface area contributed by atoms with Crippen molar-refractivity contribution >= 4 is 0 Å². The van der Waals surface area contributed by atoms with Gasteiger partial charge in [0.2, 0.25) is 0 Å². The van der Waals surface area contributed by atoms with E-state index in [1.165, 1.54) is 25.7 Å². The van der Waals surface area contributed by atoms with Gasteiger partial charge in [0.1, 0.15) is 0 Å². The summed E-state index contributed by atoms with van der Waals surface area (Å²) in [6, 6.07) is 3.26. The Kier molecular flexibility index (Phi) is 5.40. The molecule has 1 aliphatic rings. The van der Waals surface area contributed by atoms with Crippen LogP contribution in [0.2, 0.25) is 0 Å². The number of hydrogen-bond acceptors (Lipinski definition) is 3. The monoisotopic (exact) mass is 265 g/mol. The summed E-state index contributed by atoms with van der Waals surface area (Å²) in [5.74, 6) is 0. The maximum atomic E-state index is 8.96. The molecule has 4 nitrogen and oxygen atoms in total. The van der Waals surface area contributed by atoms with Crippen molar-refractivity contribution in [1.29, 1.82) is 0 Å². The average Bonchev–Trinajstić information content (AvgIpc) is 3.04. The fraction of sp³-hybridized carbons (Fsp3) is 0.800. The van der Waals surface area contributed by atoms with E-state index in [0.29, 0.717) is 12.1 Å². The molecule has 0 aliphatic heterocycles. The Bertz CT molecular complexity index is 369. The highest BCUT2D eigenvalue weighted by Crippen LogP contribution is 2.28. The van der Waals surface area contributed by atoms with Gasteiger partial charge in [0.25, 0.3) is 0 Å². The lowest BCUT2D eigenvalue weighted by molar-refractivity contribution is 0.182. The molecule has 0 unspecified atom stereocenters. The molecule has 1 aliphatic carbocycles. The summed E-state index contributed by atoms with van der Waals surface area (Å²) >= 11 is 0. The lowest BCUT2D eigenvalue weighted by Crippen LogP contribution is -2.32. The minimum absolute atomic E-state index is 0.264. The molecular formula is C15H27N3O. The molecule has 0 aromatic carbocycles. The van der Waals surface area contributed by atoms with Crippen LogP contribution in [0.1, 0.15) is 57.7 Å². The van der Waals surface area contributed by atoms with E-state index in [1.807, 2.05) is 0 Å². The van der Waals surface area contributed by atoms with Crippen molar-refractivity contribution < 1.29 is 5.11 Å². The first-order chi connectivity index (χ1) is 9.20. The van der Waals surface area contributed by atoms with Crippen molar-refractivity contribution in [3.8, 4) is 0 Å². The Morgan fingerprint density at radius 1 is 1.42 bits per heavy atom. The lowest BCUT2D eigenvalue weighted by atomic mass is 10.2. The average molecular weight is 265 g/mol. The molecule has 0 spiro atoms. The Morgan fingerprint density at radius 3 is 2.79 bits per heavy atom. The fourth-order valence-electron chi connectivity index (χ4n) is 2.84. The van der Waals surface area contributed by atoms with E-state index in [0.717, 1.165) is 25.2 Å². The highest BCUT2D eigenvalue weighted by atomic mass is 16.3. The van der Waals surface area contributed by atoms with E-state index in [2.05, 4.69) is 35.7 Å². The van der Waals surface area contributed by atoms with Crippen LogP contribution in [0.4, 0.5) is 0 Å². The zero-order valence-corrected chi connectivity index (χ0v) is 12.3. The van der Waals surface area contributed by atoms with Gasteiger partial charge in [-0.3, -0.25) is 9.58 Å². The van der Waals surface area contributed by atoms with Crippen LogP contribution in [0.15, 0.2) is 12.3 Å². The van der Waals surface area contributed by atoms with Gasteiger partial charge in [-0.25, -0.2) is 0 Å². The van der Waals surface area contributed by atoms with Crippen LogP contribution in [0.25, 0.3) is 0 Å². The molecule has 0 amide bonds. The van der Waals surface area contributed by atoms with Gasteiger partial charge in [-0.15, -0.1) is 0 Å². The molecule has 1 N–H and O–H groups in total. The van der Waals surface area contributed by atoms with E-state index in [9.17, 15) is 0 Å². The smallest absolute Gasteiger partial charge is 0.0764 e. The SMILES string of the molecule is CC(C)N(CCCO)Cc1ccn(C2CCCC2)n1. The predicted molar refractivity (Wildman–Crippen MR) is 77.0 cm³/mol. The summed E-state index contributed by atoms with van der Waals surface area (Å²) in [6.45, 7) is 6.48. The van der Waals surface area contributed by atoms with Gasteiger partial charge in [0.05, 0.1) is 11.7 Å². The maximum absolute atomic E-state index is 8.96. The van der Waals surface area contributed by atoms with Gasteiger partial charge in [-0.05, 0) is 39.2 Å². The second-order valence-electron chi connectivity index (χ2n) is 5.87. The molecule has 4 heteroatoms. The summed E-state index contributed by atoms with van der Waals surface area (Å²) in [5, 5.41) is 13.7. The second-order valence-corrected chi connectivity index (χ2v) is 5.87. The molecule has 1 heterocycles. The summed E-state index contributed by atoms with van der Waals surface area (Å²) < 4.78 is 2.16. The number of aromatic nitrogens is 2. The van der Waals surface area contributed by atoms with Crippen molar-refractivity contribution in [3.63, 3.8) is 0 Å². The highest BCUT2D eigenvalue weighted by molar-refractivity contribution is 5.00. The van der Waals surface area contributed by atoms with Crippen molar-refractivity contribution in [3.05, 3.63) is 18.0 Å². The van der Waals surface area contributed by atoms with Crippen LogP contribution in [-0.4, -0.2) is 39.0 Å². The number of aliphatic hydroxyl groups excluding tert-OH is 1. The van der Waals surface area contributed by atoms with Crippen molar-refractivity contribution in [2.24, 2.45) is 0 Å². The third-order valence-electron chi connectivity index (χ3n) is 4.06. The number of aliphatic hydroxyl groups is 1. The molecule has 2 rings (SSSR count). The topological polar surface area (TPSA) is 41.3 Å². The lowest BCUT2D eigenvalue weighted by Gasteiger charge is -2.25. The van der Waals surface area contributed by atoms with Crippen LogP contribution < -0.4 is 0 Å². The van der Waals surface area contributed by atoms with Crippen LogP contribution in [0, 0.1) is 0 Å². The Morgan fingerprint density at radius 2 is 2.16 bits per heavy atom. The van der Waals surface area contributed by atoms with Crippen LogP contribution in [0.3, 0.4) is 0 Å². The fourth-order valence-corrected chi connectivity index (χ4v) is 2.84. The van der Waals surface area contributed by atoms with Gasteiger partial charge >= 0.3 is 0 Å². The quantitative estimate of drug-likeness (QED) is 0.824. The molecule has 108 valence electrons. The van der Waals surface area contributed by atoms with Crippen LogP contribution in [0.5, 0.6) is 0 Å². The molecule has 1 saturated carbocycles. The molecule has 0 saturated heterocycles. The van der Waals surface area contributed by atoms with Crippen molar-refractivity contribution in [1.82, 2.24) is 14.7 Å². The van der Waals surface area contributed by atoms with E-state index >= 15 is 0 Å². The van der Waals surface area contributed by atoms with Gasteiger partial charge in [0.15, 0.2) is 0 Å². The van der Waals surface area contributed by atoms with Gasteiger partial charge in [0, 0.05) is 31.9 Å². The summed E-state index contributed by atoms with van der Waals surface area (Å²) in [4.78, 5) is 2.37. The Labute approximate surface area is 116 Å². The molecule has 1 aromatic heterocycles. The van der Waals surface area contributed by atoms with E-state index in [1.54, 1.807) is 0 Å². The second kappa shape index (κ2) is 7.06. The Hall–Kier alpha value is -0.870. The molecule has 0 atom stereocenters. The van der Waals surface area contributed by atoms with Crippen LogP contribution >= 0.6 is 0 Å². The molecular weight excluding hydrogens is 238 g/mol. The molecule has 0 radical (unpaired) electrons. The summed E-state index contributed by atoms with van der Waals surface area (Å²) in [6.07, 6.45) is 8.21. The van der Waals surface area contributed by atoms with E-state index in [4.69, 9.17) is 10.2 Å². The Balaban J connectivity index is 1.93. The maximum Gasteiger partial charge on any atom is 0.0764 e. The third-order valence-corrected chi connectivity index (χ3v) is 4.06. The predicted octanol–water partition coefficient (Wildman–Crippen LogP) is 2.59. The minimum Gasteiger partial charge on any atom is -0.396 e. The first-order valence-corrected chi connectivity index (χ1v) is 7.59. The van der Waals surface area contributed by atoms with Gasteiger partial charge in [-0.1, -0.05) is 12.8 Å². The first kappa shape index (κ1) is 14.5. The highest BCUT2D eigenvalue weighted by Gasteiger charge is 2.18. The van der Waals surface area contributed by atoms with Gasteiger partial charge < -0.3 is 5.11 Å². The van der Waals surface area contributed by atoms with E-state index in [-0.39, 0.29) is 6.61 Å². The van der Waals surface area contributed by atoms with E-state index < -0.39 is 0 Å². The summed E-state index contributed by atoms with van der Waals surface area (Å²) in [5.41, 5.74) is 1.15. The van der Waals surface area contributed by atoms with Crippen LogP contribution in [-0.2, 0) is 6.54 Å². The standard InChI is InChI=1S/C15H27N3O/c1-13(2)17(9-5-11-19)12-14-8-10-18(16-14)15-6-3-4-7-15/h8,10,13,15,19H,3-7,9,11-12H2,1-2H3. The van der Waals surface area contributed by atoms with Gasteiger partial charge in [-0.2, -0.15) is 5.10 Å². The molecule has 19 heavy (non-hydrogen) atoms. The zero-order chi connectivity index (χ0) is 13.7. The first-order valence-electron chi connectivity index (χ1n) is 7.59. The number of hydrogen-bond donors (Lipinski definition) is 1.